The molecule has 1 atom stereocenters. The van der Waals surface area contributed by atoms with Crippen molar-refractivity contribution in [3.8, 4) is 0 Å². The summed E-state index contributed by atoms with van der Waals surface area (Å²) in [7, 11) is 2.04. The van der Waals surface area contributed by atoms with Gasteiger partial charge in [-0.15, -0.1) is 0 Å². The van der Waals surface area contributed by atoms with Crippen molar-refractivity contribution in [2.24, 2.45) is 0 Å². The highest BCUT2D eigenvalue weighted by atomic mass is 79.9. The molecule has 0 aromatic heterocycles. The minimum atomic E-state index is 0.448. The zero-order valence-electron chi connectivity index (χ0n) is 11.0. The van der Waals surface area contributed by atoms with Crippen LogP contribution < -0.4 is 5.32 Å². The van der Waals surface area contributed by atoms with E-state index in [1.165, 1.54) is 5.56 Å². The Kier molecular flexibility index (Phi) is 6.78. The van der Waals surface area contributed by atoms with Crippen LogP contribution in [0.2, 0.25) is 0 Å². The van der Waals surface area contributed by atoms with Gasteiger partial charge in [0.2, 0.25) is 0 Å². The predicted molar refractivity (Wildman–Crippen MR) is 78.3 cm³/mol. The van der Waals surface area contributed by atoms with E-state index in [-0.39, 0.29) is 0 Å². The molecular formula is C14H23BrN2. The summed E-state index contributed by atoms with van der Waals surface area (Å²) in [6, 6.07) is 9.04. The van der Waals surface area contributed by atoms with Crippen LogP contribution in [0.4, 0.5) is 0 Å². The molecule has 0 radical (unpaired) electrons. The van der Waals surface area contributed by atoms with Crippen LogP contribution in [0.3, 0.4) is 0 Å². The highest BCUT2D eigenvalue weighted by Crippen LogP contribution is 2.19. The van der Waals surface area contributed by atoms with E-state index in [0.29, 0.717) is 6.04 Å². The van der Waals surface area contributed by atoms with Gasteiger partial charge in [-0.25, -0.2) is 0 Å². The molecule has 2 nitrogen and oxygen atoms in total. The minimum absolute atomic E-state index is 0.448. The van der Waals surface area contributed by atoms with E-state index < -0.39 is 0 Å². The maximum Gasteiger partial charge on any atom is 0.0329 e. The van der Waals surface area contributed by atoms with Crippen LogP contribution in [0.5, 0.6) is 0 Å². The van der Waals surface area contributed by atoms with Gasteiger partial charge in [-0.3, -0.25) is 0 Å². The van der Waals surface area contributed by atoms with Gasteiger partial charge >= 0.3 is 0 Å². The maximum absolute atomic E-state index is 3.47. The second-order valence-electron chi connectivity index (χ2n) is 4.21. The monoisotopic (exact) mass is 298 g/mol. The Hall–Kier alpha value is -0.380. The highest BCUT2D eigenvalue weighted by molar-refractivity contribution is 9.10. The van der Waals surface area contributed by atoms with Gasteiger partial charge in [0, 0.05) is 10.5 Å². The van der Waals surface area contributed by atoms with Crippen molar-refractivity contribution in [1.29, 1.82) is 0 Å². The molecule has 1 N–H and O–H groups in total. The van der Waals surface area contributed by atoms with Crippen LogP contribution in [-0.4, -0.2) is 31.6 Å². The minimum Gasteiger partial charge on any atom is -0.313 e. The maximum atomic E-state index is 3.47. The average Bonchev–Trinajstić information content (AvgIpc) is 2.36. The zero-order valence-corrected chi connectivity index (χ0v) is 12.6. The number of benzene rings is 1. The van der Waals surface area contributed by atoms with E-state index >= 15 is 0 Å². The molecule has 0 aliphatic carbocycles. The van der Waals surface area contributed by atoms with Gasteiger partial charge in [-0.1, -0.05) is 41.9 Å². The number of halogens is 1. The smallest absolute Gasteiger partial charge is 0.0329 e. The largest absolute Gasteiger partial charge is 0.313 e. The van der Waals surface area contributed by atoms with Crippen molar-refractivity contribution in [2.75, 3.05) is 26.7 Å². The third-order valence-corrected chi connectivity index (χ3v) is 3.78. The Balaban J connectivity index is 2.56. The molecular weight excluding hydrogens is 276 g/mol. The first-order valence-corrected chi connectivity index (χ1v) is 7.15. The Labute approximate surface area is 114 Å². The summed E-state index contributed by atoms with van der Waals surface area (Å²) in [5, 5.41) is 3.40. The fraction of sp³-hybridized carbons (Fsp3) is 0.571. The van der Waals surface area contributed by atoms with Crippen molar-refractivity contribution >= 4 is 15.9 Å². The van der Waals surface area contributed by atoms with Gasteiger partial charge in [0.05, 0.1) is 0 Å². The molecule has 0 heterocycles. The van der Waals surface area contributed by atoms with Gasteiger partial charge in [0.15, 0.2) is 0 Å². The number of rotatable bonds is 7. The van der Waals surface area contributed by atoms with Gasteiger partial charge in [0.1, 0.15) is 0 Å². The van der Waals surface area contributed by atoms with Crippen molar-refractivity contribution in [3.05, 3.63) is 34.3 Å². The molecule has 3 heteroatoms. The predicted octanol–water partition coefficient (Wildman–Crippen LogP) is 3.44. The summed E-state index contributed by atoms with van der Waals surface area (Å²) in [4.78, 5) is 2.46. The Morgan fingerprint density at radius 2 is 1.76 bits per heavy atom. The summed E-state index contributed by atoms with van der Waals surface area (Å²) >= 11 is 3.47. The average molecular weight is 299 g/mol. The number of nitrogens with zero attached hydrogens (tertiary/aromatic N) is 1. The SMILES string of the molecule is CCN(CC)CCC(NC)c1ccc(Br)cc1. The van der Waals surface area contributed by atoms with Gasteiger partial charge < -0.3 is 10.2 Å². The van der Waals surface area contributed by atoms with E-state index in [1.807, 2.05) is 7.05 Å². The Morgan fingerprint density at radius 1 is 1.18 bits per heavy atom. The molecule has 0 spiro atoms. The lowest BCUT2D eigenvalue weighted by atomic mass is 10.0. The van der Waals surface area contributed by atoms with E-state index in [9.17, 15) is 0 Å². The van der Waals surface area contributed by atoms with Crippen molar-refractivity contribution in [3.63, 3.8) is 0 Å². The fourth-order valence-electron chi connectivity index (χ4n) is 2.02. The lowest BCUT2D eigenvalue weighted by Crippen LogP contribution is -2.28. The summed E-state index contributed by atoms with van der Waals surface area (Å²) in [6.45, 7) is 7.85. The molecule has 96 valence electrons. The number of nitrogens with one attached hydrogen (secondary N) is 1. The number of hydrogen-bond acceptors (Lipinski definition) is 2. The van der Waals surface area contributed by atoms with Crippen LogP contribution in [0.25, 0.3) is 0 Å². The molecule has 1 unspecified atom stereocenters. The number of hydrogen-bond donors (Lipinski definition) is 1. The normalized spacial score (nSPS) is 13.0. The molecule has 0 aliphatic heterocycles. The van der Waals surface area contributed by atoms with Crippen molar-refractivity contribution < 1.29 is 0 Å². The summed E-state index contributed by atoms with van der Waals surface area (Å²) in [5.41, 5.74) is 1.36. The zero-order chi connectivity index (χ0) is 12.7. The van der Waals surface area contributed by atoms with Crippen molar-refractivity contribution in [2.45, 2.75) is 26.3 Å². The fourth-order valence-corrected chi connectivity index (χ4v) is 2.29. The molecule has 0 bridgehead atoms. The quantitative estimate of drug-likeness (QED) is 0.829. The van der Waals surface area contributed by atoms with Crippen molar-refractivity contribution in [1.82, 2.24) is 10.2 Å². The molecule has 17 heavy (non-hydrogen) atoms. The van der Waals surface area contributed by atoms with Crippen LogP contribution in [-0.2, 0) is 0 Å². The third-order valence-electron chi connectivity index (χ3n) is 3.25. The first-order valence-electron chi connectivity index (χ1n) is 6.36. The van der Waals surface area contributed by atoms with Gasteiger partial charge in [-0.2, -0.15) is 0 Å². The third kappa shape index (κ3) is 4.78. The summed E-state index contributed by atoms with van der Waals surface area (Å²) < 4.78 is 1.14. The van der Waals surface area contributed by atoms with Crippen LogP contribution in [0.1, 0.15) is 31.9 Å². The summed E-state index contributed by atoms with van der Waals surface area (Å²) in [6.07, 6.45) is 1.15. The molecule has 0 amide bonds. The Morgan fingerprint density at radius 3 is 2.24 bits per heavy atom. The molecule has 1 aromatic rings. The Bertz CT molecular complexity index is 307. The molecule has 0 aliphatic rings. The van der Waals surface area contributed by atoms with Crippen LogP contribution >= 0.6 is 15.9 Å². The molecule has 1 rings (SSSR count). The first-order chi connectivity index (χ1) is 8.21. The van der Waals surface area contributed by atoms with Crippen LogP contribution in [0, 0.1) is 0 Å². The molecule has 0 saturated heterocycles. The first kappa shape index (κ1) is 14.7. The van der Waals surface area contributed by atoms with E-state index in [1.54, 1.807) is 0 Å². The second kappa shape index (κ2) is 7.85. The van der Waals surface area contributed by atoms with Gasteiger partial charge in [0.25, 0.3) is 0 Å². The standard InChI is InChI=1S/C14H23BrN2/c1-4-17(5-2)11-10-14(16-3)12-6-8-13(15)9-7-12/h6-9,14,16H,4-5,10-11H2,1-3H3. The molecule has 0 saturated carbocycles. The highest BCUT2D eigenvalue weighted by Gasteiger charge is 2.10. The lowest BCUT2D eigenvalue weighted by molar-refractivity contribution is 0.284. The topological polar surface area (TPSA) is 15.3 Å². The molecule has 1 aromatic carbocycles. The van der Waals surface area contributed by atoms with E-state index in [4.69, 9.17) is 0 Å². The lowest BCUT2D eigenvalue weighted by Gasteiger charge is -2.22. The molecule has 0 fully saturated rings. The van der Waals surface area contributed by atoms with E-state index in [2.05, 4.69) is 64.3 Å². The van der Waals surface area contributed by atoms with Crippen LogP contribution in [0.15, 0.2) is 28.7 Å². The van der Waals surface area contributed by atoms with E-state index in [0.717, 1.165) is 30.5 Å². The summed E-state index contributed by atoms with van der Waals surface area (Å²) in [5.74, 6) is 0. The second-order valence-corrected chi connectivity index (χ2v) is 5.12. The van der Waals surface area contributed by atoms with Gasteiger partial charge in [-0.05, 0) is 50.8 Å².